The molecule has 0 aromatic heterocycles. The van der Waals surface area contributed by atoms with Gasteiger partial charge < -0.3 is 15.7 Å². The molecule has 0 unspecified atom stereocenters. The van der Waals surface area contributed by atoms with Gasteiger partial charge in [-0.05, 0) is 24.6 Å². The van der Waals surface area contributed by atoms with E-state index in [9.17, 15) is 22.8 Å². The van der Waals surface area contributed by atoms with Crippen molar-refractivity contribution in [3.8, 4) is 0 Å². The number of rotatable bonds is 4. The van der Waals surface area contributed by atoms with Gasteiger partial charge in [0.15, 0.2) is 0 Å². The molecule has 0 spiro atoms. The second-order valence-corrected chi connectivity index (χ2v) is 5.04. The molecule has 0 aliphatic carbocycles. The van der Waals surface area contributed by atoms with Crippen LogP contribution in [0.3, 0.4) is 0 Å². The van der Waals surface area contributed by atoms with E-state index in [0.717, 1.165) is 12.1 Å². The Hall–Kier alpha value is -1.77. The van der Waals surface area contributed by atoms with Crippen molar-refractivity contribution in [2.45, 2.75) is 25.6 Å². The molecule has 1 aromatic carbocycles. The van der Waals surface area contributed by atoms with Crippen LogP contribution in [0.4, 0.5) is 23.7 Å². The first-order chi connectivity index (χ1) is 9.63. The number of aliphatic carboxylic acids is 1. The van der Waals surface area contributed by atoms with Crippen molar-refractivity contribution >= 4 is 33.6 Å². The second-order valence-electron chi connectivity index (χ2n) is 4.12. The molecule has 1 atom stereocenters. The molecule has 0 radical (unpaired) electrons. The fourth-order valence-corrected chi connectivity index (χ4v) is 1.98. The van der Waals surface area contributed by atoms with Crippen molar-refractivity contribution in [1.82, 2.24) is 5.32 Å². The van der Waals surface area contributed by atoms with Crippen LogP contribution in [-0.2, 0) is 11.0 Å². The van der Waals surface area contributed by atoms with Gasteiger partial charge in [0.25, 0.3) is 0 Å². The van der Waals surface area contributed by atoms with Crippen molar-refractivity contribution in [2.75, 3.05) is 5.32 Å². The Kier molecular flexibility index (Phi) is 5.59. The number of carboxylic acid groups (broad SMARTS) is 1. The van der Waals surface area contributed by atoms with E-state index in [1.807, 2.05) is 0 Å². The number of hydrogen-bond donors (Lipinski definition) is 3. The summed E-state index contributed by atoms with van der Waals surface area (Å²) in [7, 11) is 0. The van der Waals surface area contributed by atoms with Gasteiger partial charge in [-0.25, -0.2) is 9.59 Å². The summed E-state index contributed by atoms with van der Waals surface area (Å²) in [5.74, 6) is -1.22. The lowest BCUT2D eigenvalue weighted by Gasteiger charge is -2.14. The zero-order valence-corrected chi connectivity index (χ0v) is 12.4. The lowest BCUT2D eigenvalue weighted by molar-refractivity contribution is -0.139. The summed E-state index contributed by atoms with van der Waals surface area (Å²) in [6.07, 6.45) is -4.40. The number of hydrogen-bond acceptors (Lipinski definition) is 2. The first kappa shape index (κ1) is 17.3. The number of amides is 2. The Morgan fingerprint density at radius 3 is 2.43 bits per heavy atom. The number of alkyl halides is 3. The van der Waals surface area contributed by atoms with Crippen LogP contribution in [0.15, 0.2) is 22.7 Å². The third-order valence-electron chi connectivity index (χ3n) is 2.49. The van der Waals surface area contributed by atoms with Gasteiger partial charge in [0.1, 0.15) is 6.04 Å². The fourth-order valence-electron chi connectivity index (χ4n) is 1.49. The van der Waals surface area contributed by atoms with Gasteiger partial charge in [0.2, 0.25) is 0 Å². The Labute approximate surface area is 126 Å². The van der Waals surface area contributed by atoms with Gasteiger partial charge in [0.05, 0.1) is 5.56 Å². The average molecular weight is 369 g/mol. The molecule has 1 rings (SSSR count). The van der Waals surface area contributed by atoms with Crippen LogP contribution in [0.5, 0.6) is 0 Å². The summed E-state index contributed by atoms with van der Waals surface area (Å²) in [6, 6.07) is 0.896. The first-order valence-corrected chi connectivity index (χ1v) is 6.61. The minimum atomic E-state index is -4.55. The molecule has 2 amide bonds. The predicted octanol–water partition coefficient (Wildman–Crippen LogP) is 3.45. The van der Waals surface area contributed by atoms with Crippen LogP contribution in [0.25, 0.3) is 0 Å². The number of anilines is 1. The van der Waals surface area contributed by atoms with E-state index in [0.29, 0.717) is 0 Å². The molecule has 0 saturated heterocycles. The highest BCUT2D eigenvalue weighted by molar-refractivity contribution is 9.10. The summed E-state index contributed by atoms with van der Waals surface area (Å²) < 4.78 is 38.0. The van der Waals surface area contributed by atoms with Gasteiger partial charge in [-0.15, -0.1) is 0 Å². The van der Waals surface area contributed by atoms with Gasteiger partial charge in [-0.2, -0.15) is 13.2 Å². The van der Waals surface area contributed by atoms with Crippen LogP contribution >= 0.6 is 15.9 Å². The molecule has 0 bridgehead atoms. The van der Waals surface area contributed by atoms with E-state index >= 15 is 0 Å². The van der Waals surface area contributed by atoms with E-state index in [1.165, 1.54) is 6.07 Å². The molecule has 5 nitrogen and oxygen atoms in total. The molecule has 0 aliphatic rings. The lowest BCUT2D eigenvalue weighted by atomic mass is 10.2. The Bertz CT molecular complexity index is 549. The number of nitrogens with one attached hydrogen (secondary N) is 2. The van der Waals surface area contributed by atoms with Gasteiger partial charge >= 0.3 is 18.2 Å². The summed E-state index contributed by atoms with van der Waals surface area (Å²) in [5.41, 5.74) is -1.04. The SMILES string of the molecule is CC[C@@H](NC(=O)Nc1cc(Br)cc(C(F)(F)F)c1)C(=O)O. The van der Waals surface area contributed by atoms with Gasteiger partial charge in [-0.3, -0.25) is 0 Å². The number of urea groups is 1. The molecule has 1 aromatic rings. The van der Waals surface area contributed by atoms with Crippen molar-refractivity contribution in [1.29, 1.82) is 0 Å². The van der Waals surface area contributed by atoms with Crippen molar-refractivity contribution < 1.29 is 27.9 Å². The maximum atomic E-state index is 12.6. The Morgan fingerprint density at radius 1 is 1.33 bits per heavy atom. The summed E-state index contributed by atoms with van der Waals surface area (Å²) in [6.45, 7) is 1.56. The molecule has 9 heteroatoms. The largest absolute Gasteiger partial charge is 0.480 e. The minimum Gasteiger partial charge on any atom is -0.480 e. The van der Waals surface area contributed by atoms with Crippen molar-refractivity contribution in [2.24, 2.45) is 0 Å². The fraction of sp³-hybridized carbons (Fsp3) is 0.333. The van der Waals surface area contributed by atoms with Crippen LogP contribution in [0, 0.1) is 0 Å². The zero-order valence-electron chi connectivity index (χ0n) is 10.8. The maximum absolute atomic E-state index is 12.6. The van der Waals surface area contributed by atoms with Crippen LogP contribution < -0.4 is 10.6 Å². The number of carbonyl (C=O) groups excluding carboxylic acids is 1. The number of carbonyl (C=O) groups is 2. The average Bonchev–Trinajstić information content (AvgIpc) is 2.33. The highest BCUT2D eigenvalue weighted by Crippen LogP contribution is 2.33. The smallest absolute Gasteiger partial charge is 0.416 e. The van der Waals surface area contributed by atoms with E-state index < -0.39 is 29.8 Å². The quantitative estimate of drug-likeness (QED) is 0.761. The summed E-state index contributed by atoms with van der Waals surface area (Å²) >= 11 is 2.92. The predicted molar refractivity (Wildman–Crippen MR) is 73.0 cm³/mol. The van der Waals surface area contributed by atoms with Gasteiger partial charge in [-0.1, -0.05) is 22.9 Å². The Balaban J connectivity index is 2.86. The second kappa shape index (κ2) is 6.79. The third kappa shape index (κ3) is 5.25. The third-order valence-corrected chi connectivity index (χ3v) is 2.95. The zero-order chi connectivity index (χ0) is 16.2. The number of carboxylic acids is 1. The van der Waals surface area contributed by atoms with Crippen LogP contribution in [0.1, 0.15) is 18.9 Å². The summed E-state index contributed by atoms with van der Waals surface area (Å²) in [4.78, 5) is 22.3. The normalized spacial score (nSPS) is 12.6. The lowest BCUT2D eigenvalue weighted by Crippen LogP contribution is -2.42. The van der Waals surface area contributed by atoms with E-state index in [2.05, 4.69) is 26.6 Å². The highest BCUT2D eigenvalue weighted by Gasteiger charge is 2.31. The summed E-state index contributed by atoms with van der Waals surface area (Å²) in [5, 5.41) is 13.1. The molecule has 0 aliphatic heterocycles. The number of halogens is 4. The van der Waals surface area contributed by atoms with Crippen LogP contribution in [-0.4, -0.2) is 23.1 Å². The Morgan fingerprint density at radius 2 is 1.95 bits per heavy atom. The van der Waals surface area contributed by atoms with Crippen LogP contribution in [0.2, 0.25) is 0 Å². The topological polar surface area (TPSA) is 78.4 Å². The maximum Gasteiger partial charge on any atom is 0.416 e. The molecule has 0 saturated carbocycles. The molecule has 21 heavy (non-hydrogen) atoms. The molecule has 0 heterocycles. The molecular weight excluding hydrogens is 357 g/mol. The molecular formula is C12H12BrF3N2O3. The first-order valence-electron chi connectivity index (χ1n) is 5.81. The van der Waals surface area contributed by atoms with E-state index in [1.54, 1.807) is 6.92 Å². The monoisotopic (exact) mass is 368 g/mol. The van der Waals surface area contributed by atoms with Crippen molar-refractivity contribution in [3.05, 3.63) is 28.2 Å². The minimum absolute atomic E-state index is 0.102. The molecule has 116 valence electrons. The standard InChI is InChI=1S/C12H12BrF3N2O3/c1-2-9(10(19)20)18-11(21)17-8-4-6(12(14,15)16)3-7(13)5-8/h3-5,9H,2H2,1H3,(H,19,20)(H2,17,18,21)/t9-/m1/s1. The van der Waals surface area contributed by atoms with Crippen molar-refractivity contribution in [3.63, 3.8) is 0 Å². The van der Waals surface area contributed by atoms with E-state index in [4.69, 9.17) is 5.11 Å². The van der Waals surface area contributed by atoms with E-state index in [-0.39, 0.29) is 16.6 Å². The number of benzene rings is 1. The highest BCUT2D eigenvalue weighted by atomic mass is 79.9. The molecule has 3 N–H and O–H groups in total. The molecule has 0 fully saturated rings. The van der Waals surface area contributed by atoms with Gasteiger partial charge in [0, 0.05) is 10.2 Å².